The topological polar surface area (TPSA) is 97.8 Å². The van der Waals surface area contributed by atoms with E-state index >= 15 is 0 Å². The molecule has 4 rings (SSSR count). The summed E-state index contributed by atoms with van der Waals surface area (Å²) in [6, 6.07) is 11.4. The maximum Gasteiger partial charge on any atom is 0.308 e. The first-order valence-electron chi connectivity index (χ1n) is 16.7. The molecule has 0 saturated carbocycles. The lowest BCUT2D eigenvalue weighted by Crippen LogP contribution is -2.45. The summed E-state index contributed by atoms with van der Waals surface area (Å²) in [5, 5.41) is 10.7. The average molecular weight is 641 g/mol. The number of carbonyl (C=O) groups excluding carboxylic acids is 1. The van der Waals surface area contributed by atoms with Gasteiger partial charge < -0.3 is 33.4 Å². The van der Waals surface area contributed by atoms with Crippen LogP contribution >= 0.6 is 0 Å². The van der Waals surface area contributed by atoms with Crippen molar-refractivity contribution in [3.05, 3.63) is 47.5 Å². The number of hydrogen-bond donors (Lipinski definition) is 1. The molecular formula is C36H54N3O7+. The minimum Gasteiger partial charge on any atom is -0.496 e. The number of nitrogens with zero attached hydrogens (tertiary/aromatic N) is 3. The number of carboxylic acids is 1. The molecule has 0 aliphatic carbocycles. The van der Waals surface area contributed by atoms with Gasteiger partial charge in [-0.2, -0.15) is 0 Å². The molecule has 254 valence electrons. The largest absolute Gasteiger partial charge is 0.496 e. The number of ether oxygens (including phenoxy) is 4. The number of fused-ring (bicyclic) bond motifs is 1. The predicted molar refractivity (Wildman–Crippen MR) is 178 cm³/mol. The molecule has 2 heterocycles. The summed E-state index contributed by atoms with van der Waals surface area (Å²) in [7, 11) is 9.80. The molecule has 0 spiro atoms. The minimum atomic E-state index is -0.859. The second-order valence-corrected chi connectivity index (χ2v) is 13.6. The van der Waals surface area contributed by atoms with Crippen LogP contribution in [0.5, 0.6) is 23.0 Å². The van der Waals surface area contributed by atoms with Gasteiger partial charge >= 0.3 is 5.97 Å². The fourth-order valence-electron chi connectivity index (χ4n) is 6.84. The van der Waals surface area contributed by atoms with Crippen LogP contribution in [0.4, 0.5) is 0 Å². The molecular weight excluding hydrogens is 586 g/mol. The van der Waals surface area contributed by atoms with Gasteiger partial charge in [0, 0.05) is 31.6 Å². The van der Waals surface area contributed by atoms with E-state index in [2.05, 4.69) is 39.0 Å². The van der Waals surface area contributed by atoms with Crippen LogP contribution in [0.3, 0.4) is 0 Å². The first-order chi connectivity index (χ1) is 22.1. The highest BCUT2D eigenvalue weighted by Crippen LogP contribution is 2.47. The third-order valence-electron chi connectivity index (χ3n) is 9.26. The molecule has 1 amide bonds. The first kappa shape index (κ1) is 35.4. The van der Waals surface area contributed by atoms with E-state index in [9.17, 15) is 14.7 Å². The van der Waals surface area contributed by atoms with Gasteiger partial charge in [0.15, 0.2) is 11.5 Å². The zero-order valence-corrected chi connectivity index (χ0v) is 28.6. The zero-order chi connectivity index (χ0) is 33.3. The van der Waals surface area contributed by atoms with E-state index in [1.165, 1.54) is 0 Å². The van der Waals surface area contributed by atoms with Crippen LogP contribution in [0, 0.1) is 5.92 Å². The number of methoxy groups -OCH3 is 2. The Morgan fingerprint density at radius 3 is 2.43 bits per heavy atom. The van der Waals surface area contributed by atoms with Gasteiger partial charge in [-0.05, 0) is 67.9 Å². The summed E-state index contributed by atoms with van der Waals surface area (Å²) in [6.07, 6.45) is 6.11. The molecule has 2 aromatic carbocycles. The van der Waals surface area contributed by atoms with Crippen molar-refractivity contribution < 1.29 is 38.1 Å². The number of quaternary nitrogens is 1. The summed E-state index contributed by atoms with van der Waals surface area (Å²) in [4.78, 5) is 31.1. The Morgan fingerprint density at radius 1 is 1.00 bits per heavy atom. The smallest absolute Gasteiger partial charge is 0.308 e. The van der Waals surface area contributed by atoms with Crippen molar-refractivity contribution in [2.24, 2.45) is 5.92 Å². The summed E-state index contributed by atoms with van der Waals surface area (Å²) < 4.78 is 23.4. The van der Waals surface area contributed by atoms with E-state index < -0.39 is 11.9 Å². The minimum absolute atomic E-state index is 0.0708. The van der Waals surface area contributed by atoms with E-state index in [0.29, 0.717) is 30.2 Å². The summed E-state index contributed by atoms with van der Waals surface area (Å²) >= 11 is 0. The summed E-state index contributed by atoms with van der Waals surface area (Å²) in [6.45, 7) is 5.37. The second-order valence-electron chi connectivity index (χ2n) is 13.6. The number of benzene rings is 2. The van der Waals surface area contributed by atoms with E-state index in [1.807, 2.05) is 35.2 Å². The molecule has 1 saturated heterocycles. The van der Waals surface area contributed by atoms with Crippen LogP contribution in [0.25, 0.3) is 0 Å². The fourth-order valence-corrected chi connectivity index (χ4v) is 6.84. The summed E-state index contributed by atoms with van der Waals surface area (Å²) in [5.41, 5.74) is 1.91. The predicted octanol–water partition coefficient (Wildman–Crippen LogP) is 5.04. The van der Waals surface area contributed by atoms with Gasteiger partial charge in [0.05, 0.1) is 54.4 Å². The van der Waals surface area contributed by atoms with Crippen LogP contribution < -0.4 is 18.9 Å². The van der Waals surface area contributed by atoms with Crippen LogP contribution in [-0.2, 0) is 16.0 Å². The highest BCUT2D eigenvalue weighted by atomic mass is 16.7. The van der Waals surface area contributed by atoms with Gasteiger partial charge in [0.2, 0.25) is 18.4 Å². The van der Waals surface area contributed by atoms with Gasteiger partial charge in [-0.1, -0.05) is 31.5 Å². The Kier molecular flexibility index (Phi) is 12.6. The maximum atomic E-state index is 14.0. The molecule has 0 unspecified atom stereocenters. The number of carbonyl (C=O) groups is 2. The highest BCUT2D eigenvalue weighted by Gasteiger charge is 2.47. The second kappa shape index (κ2) is 16.4. The third-order valence-corrected chi connectivity index (χ3v) is 9.26. The van der Waals surface area contributed by atoms with E-state index in [-0.39, 0.29) is 31.2 Å². The Labute approximate surface area is 274 Å². The van der Waals surface area contributed by atoms with Crippen LogP contribution in [0.2, 0.25) is 0 Å². The quantitative estimate of drug-likeness (QED) is 0.179. The maximum absolute atomic E-state index is 14.0. The Bertz CT molecular complexity index is 1310. The lowest BCUT2D eigenvalue weighted by atomic mass is 9.83. The normalized spacial score (nSPS) is 19.3. The lowest BCUT2D eigenvalue weighted by Gasteiger charge is -2.30. The molecule has 0 bridgehead atoms. The number of likely N-dealkylation sites (tertiary alicyclic amines) is 1. The molecule has 2 aliphatic heterocycles. The lowest BCUT2D eigenvalue weighted by molar-refractivity contribution is -0.870. The van der Waals surface area contributed by atoms with Crippen LogP contribution in [-0.4, -0.2) is 112 Å². The molecule has 0 radical (unpaired) electrons. The van der Waals surface area contributed by atoms with Crippen molar-refractivity contribution in [3.63, 3.8) is 0 Å². The molecule has 46 heavy (non-hydrogen) atoms. The van der Waals surface area contributed by atoms with Crippen LogP contribution in [0.1, 0.15) is 62.5 Å². The standard InChI is InChI=1S/C36H53N3O7/c1-7-8-18-37(19-11-12-20-39(2,3)4)33(40)24-38-23-28(27-21-31(44-6)35-32(22-27)45-25-46-35)34(36(41)42)29(38)16-13-15-26-14-9-10-17-30(26)43-5/h9-10,14,17,21-22,28-29,34H,7-8,11-13,15-16,18-20,23-25H2,1-6H3/p+1/t28-,29+,34-/m1/s1. The van der Waals surface area contributed by atoms with Crippen LogP contribution in [0.15, 0.2) is 36.4 Å². The molecule has 3 atom stereocenters. The van der Waals surface area contributed by atoms with E-state index in [0.717, 1.165) is 79.5 Å². The fraction of sp³-hybridized carbons (Fsp3) is 0.611. The zero-order valence-electron chi connectivity index (χ0n) is 28.6. The van der Waals surface area contributed by atoms with Crippen molar-refractivity contribution in [2.45, 2.75) is 63.8 Å². The molecule has 1 N–H and O–H groups in total. The van der Waals surface area contributed by atoms with Gasteiger partial charge in [-0.15, -0.1) is 0 Å². The van der Waals surface area contributed by atoms with Crippen molar-refractivity contribution in [1.82, 2.24) is 9.80 Å². The van der Waals surface area contributed by atoms with Gasteiger partial charge in [-0.25, -0.2) is 0 Å². The first-order valence-corrected chi connectivity index (χ1v) is 16.7. The number of aryl methyl sites for hydroxylation is 1. The van der Waals surface area contributed by atoms with E-state index in [4.69, 9.17) is 18.9 Å². The molecule has 10 nitrogen and oxygen atoms in total. The van der Waals surface area contributed by atoms with Crippen molar-refractivity contribution >= 4 is 11.9 Å². The number of para-hydroxylation sites is 1. The summed E-state index contributed by atoms with van der Waals surface area (Å²) in [5.74, 6) is 0.605. The molecule has 2 aliphatic rings. The molecule has 10 heteroatoms. The van der Waals surface area contributed by atoms with Crippen molar-refractivity contribution in [3.8, 4) is 23.0 Å². The molecule has 0 aromatic heterocycles. The Hall–Kier alpha value is -3.50. The Morgan fingerprint density at radius 2 is 1.74 bits per heavy atom. The third kappa shape index (κ3) is 9.06. The van der Waals surface area contributed by atoms with E-state index in [1.54, 1.807) is 14.2 Å². The number of rotatable bonds is 18. The van der Waals surface area contributed by atoms with Gasteiger partial charge in [-0.3, -0.25) is 14.5 Å². The van der Waals surface area contributed by atoms with Gasteiger partial charge in [0.25, 0.3) is 0 Å². The number of unbranched alkanes of at least 4 members (excludes halogenated alkanes) is 2. The highest BCUT2D eigenvalue weighted by molar-refractivity contribution is 5.79. The SMILES string of the molecule is CCCCN(CCCC[N+](C)(C)C)C(=O)CN1C[C@H](c2cc(OC)c3c(c2)OCO3)[C@@H](C(=O)O)[C@@H]1CCCc1ccccc1OC. The van der Waals surface area contributed by atoms with Gasteiger partial charge in [0.1, 0.15) is 5.75 Å². The number of carboxylic acid groups (broad SMARTS) is 1. The molecule has 2 aromatic rings. The number of aliphatic carboxylic acids is 1. The van der Waals surface area contributed by atoms with Crippen molar-refractivity contribution in [1.29, 1.82) is 0 Å². The average Bonchev–Trinajstić information content (AvgIpc) is 3.64. The molecule has 1 fully saturated rings. The monoisotopic (exact) mass is 640 g/mol. The number of amides is 1. The number of hydrogen-bond acceptors (Lipinski definition) is 7. The Balaban J connectivity index is 1.58. The van der Waals surface area contributed by atoms with Crippen molar-refractivity contribution in [2.75, 3.05) is 74.9 Å².